The molecule has 0 amide bonds. The van der Waals surface area contributed by atoms with E-state index in [0.717, 1.165) is 25.5 Å². The van der Waals surface area contributed by atoms with Crippen LogP contribution in [-0.4, -0.2) is 41.2 Å². The van der Waals surface area contributed by atoms with Crippen molar-refractivity contribution < 1.29 is 4.74 Å². The molecule has 1 saturated heterocycles. The highest BCUT2D eigenvalue weighted by molar-refractivity contribution is 5.13. The Balaban J connectivity index is 2.30. The molecule has 1 aliphatic rings. The summed E-state index contributed by atoms with van der Waals surface area (Å²) in [6, 6.07) is 6.19. The Kier molecular flexibility index (Phi) is 4.00. The Morgan fingerprint density at radius 1 is 1.44 bits per heavy atom. The maximum absolute atomic E-state index is 6.20. The molecule has 4 nitrogen and oxygen atoms in total. The van der Waals surface area contributed by atoms with Crippen molar-refractivity contribution >= 4 is 0 Å². The third kappa shape index (κ3) is 2.71. The predicted molar refractivity (Wildman–Crippen MR) is 72.2 cm³/mol. The Hall–Kier alpha value is -0.970. The fourth-order valence-electron chi connectivity index (χ4n) is 2.65. The SMILES string of the molecule is CC(N)C(c1ccccn1)N1CCOCC1(C)C. The van der Waals surface area contributed by atoms with Crippen LogP contribution in [0.15, 0.2) is 24.4 Å². The van der Waals surface area contributed by atoms with Gasteiger partial charge in [-0.1, -0.05) is 6.07 Å². The van der Waals surface area contributed by atoms with Crippen LogP contribution >= 0.6 is 0 Å². The quantitative estimate of drug-likeness (QED) is 0.883. The lowest BCUT2D eigenvalue weighted by Crippen LogP contribution is -2.57. The van der Waals surface area contributed by atoms with Crippen molar-refractivity contribution in [1.82, 2.24) is 9.88 Å². The first-order valence-electron chi connectivity index (χ1n) is 6.53. The third-order valence-corrected chi connectivity index (χ3v) is 3.53. The first kappa shape index (κ1) is 13.5. The van der Waals surface area contributed by atoms with E-state index in [9.17, 15) is 0 Å². The van der Waals surface area contributed by atoms with Crippen molar-refractivity contribution in [3.8, 4) is 0 Å². The van der Waals surface area contributed by atoms with Crippen LogP contribution in [0.2, 0.25) is 0 Å². The zero-order valence-electron chi connectivity index (χ0n) is 11.5. The highest BCUT2D eigenvalue weighted by Gasteiger charge is 2.38. The number of hydrogen-bond donors (Lipinski definition) is 1. The number of nitrogens with two attached hydrogens (primary N) is 1. The topological polar surface area (TPSA) is 51.4 Å². The normalized spacial score (nSPS) is 23.6. The number of ether oxygens (including phenoxy) is 1. The molecule has 0 radical (unpaired) electrons. The van der Waals surface area contributed by atoms with Gasteiger partial charge in [0.1, 0.15) is 0 Å². The highest BCUT2D eigenvalue weighted by Crippen LogP contribution is 2.31. The molecule has 0 saturated carbocycles. The molecule has 0 aliphatic carbocycles. The van der Waals surface area contributed by atoms with Gasteiger partial charge in [-0.05, 0) is 32.9 Å². The van der Waals surface area contributed by atoms with Crippen molar-refractivity contribution in [3.05, 3.63) is 30.1 Å². The van der Waals surface area contributed by atoms with Gasteiger partial charge in [-0.3, -0.25) is 9.88 Å². The van der Waals surface area contributed by atoms with E-state index < -0.39 is 0 Å². The summed E-state index contributed by atoms with van der Waals surface area (Å²) >= 11 is 0. The van der Waals surface area contributed by atoms with Crippen LogP contribution in [0.4, 0.5) is 0 Å². The summed E-state index contributed by atoms with van der Waals surface area (Å²) in [6.45, 7) is 8.85. The fraction of sp³-hybridized carbons (Fsp3) is 0.643. The van der Waals surface area contributed by atoms with Gasteiger partial charge in [0.25, 0.3) is 0 Å². The molecular formula is C14H23N3O. The third-order valence-electron chi connectivity index (χ3n) is 3.53. The van der Waals surface area contributed by atoms with Gasteiger partial charge in [0.15, 0.2) is 0 Å². The van der Waals surface area contributed by atoms with Gasteiger partial charge >= 0.3 is 0 Å². The molecule has 2 unspecified atom stereocenters. The summed E-state index contributed by atoms with van der Waals surface area (Å²) in [5.41, 5.74) is 7.24. The molecule has 1 aromatic heterocycles. The first-order valence-corrected chi connectivity index (χ1v) is 6.53. The monoisotopic (exact) mass is 249 g/mol. The number of nitrogens with zero attached hydrogens (tertiary/aromatic N) is 2. The maximum atomic E-state index is 6.20. The van der Waals surface area contributed by atoms with E-state index in [1.165, 1.54) is 0 Å². The minimum Gasteiger partial charge on any atom is -0.378 e. The second-order valence-corrected chi connectivity index (χ2v) is 5.62. The van der Waals surface area contributed by atoms with Crippen molar-refractivity contribution in [1.29, 1.82) is 0 Å². The van der Waals surface area contributed by atoms with Crippen LogP contribution in [0.1, 0.15) is 32.5 Å². The molecule has 2 rings (SSSR count). The zero-order chi connectivity index (χ0) is 13.2. The summed E-state index contributed by atoms with van der Waals surface area (Å²) in [5, 5.41) is 0. The van der Waals surface area contributed by atoms with Crippen LogP contribution in [0.25, 0.3) is 0 Å². The van der Waals surface area contributed by atoms with Crippen molar-refractivity contribution in [2.75, 3.05) is 19.8 Å². The van der Waals surface area contributed by atoms with Crippen LogP contribution in [0, 0.1) is 0 Å². The molecule has 0 bridgehead atoms. The highest BCUT2D eigenvalue weighted by atomic mass is 16.5. The summed E-state index contributed by atoms with van der Waals surface area (Å²) in [6.07, 6.45) is 1.83. The van der Waals surface area contributed by atoms with Crippen molar-refractivity contribution in [2.45, 2.75) is 38.4 Å². The number of pyridine rings is 1. The summed E-state index contributed by atoms with van der Waals surface area (Å²) < 4.78 is 5.58. The maximum Gasteiger partial charge on any atom is 0.0676 e. The van der Waals surface area contributed by atoms with E-state index in [1.54, 1.807) is 0 Å². The summed E-state index contributed by atoms with van der Waals surface area (Å²) in [5.74, 6) is 0. The average Bonchev–Trinajstić information content (AvgIpc) is 2.32. The molecule has 4 heteroatoms. The second-order valence-electron chi connectivity index (χ2n) is 5.62. The minimum absolute atomic E-state index is 0.00588. The van der Waals surface area contributed by atoms with E-state index in [2.05, 4.69) is 29.8 Å². The molecule has 2 N–H and O–H groups in total. The van der Waals surface area contributed by atoms with E-state index in [1.807, 2.05) is 25.3 Å². The van der Waals surface area contributed by atoms with Crippen LogP contribution in [0.3, 0.4) is 0 Å². The van der Waals surface area contributed by atoms with Gasteiger partial charge in [0.2, 0.25) is 0 Å². The molecule has 18 heavy (non-hydrogen) atoms. The molecule has 2 atom stereocenters. The van der Waals surface area contributed by atoms with Crippen LogP contribution < -0.4 is 5.73 Å². The van der Waals surface area contributed by atoms with Crippen LogP contribution in [-0.2, 0) is 4.74 Å². The predicted octanol–water partition coefficient (Wildman–Crippen LogP) is 1.58. The van der Waals surface area contributed by atoms with E-state index in [4.69, 9.17) is 10.5 Å². The van der Waals surface area contributed by atoms with Crippen molar-refractivity contribution in [2.24, 2.45) is 5.73 Å². The molecule has 1 aliphatic heterocycles. The molecule has 100 valence electrons. The largest absolute Gasteiger partial charge is 0.378 e. The smallest absolute Gasteiger partial charge is 0.0676 e. The Morgan fingerprint density at radius 3 is 2.78 bits per heavy atom. The lowest BCUT2D eigenvalue weighted by molar-refractivity contribution is -0.0773. The average molecular weight is 249 g/mol. The molecular weight excluding hydrogens is 226 g/mol. The van der Waals surface area contributed by atoms with Gasteiger partial charge in [-0.15, -0.1) is 0 Å². The zero-order valence-corrected chi connectivity index (χ0v) is 11.5. The van der Waals surface area contributed by atoms with Crippen LogP contribution in [0.5, 0.6) is 0 Å². The molecule has 1 aromatic rings. The Bertz CT molecular complexity index is 378. The molecule has 1 fully saturated rings. The molecule has 2 heterocycles. The van der Waals surface area contributed by atoms with Gasteiger partial charge in [0, 0.05) is 24.3 Å². The van der Waals surface area contributed by atoms with E-state index in [0.29, 0.717) is 0 Å². The summed E-state index contributed by atoms with van der Waals surface area (Å²) in [4.78, 5) is 6.90. The second kappa shape index (κ2) is 5.34. The first-order chi connectivity index (χ1) is 8.52. The standard InChI is InChI=1S/C14H23N3O/c1-11(15)13(12-6-4-5-7-16-12)17-8-9-18-10-14(17,2)3/h4-7,11,13H,8-10,15H2,1-3H3. The van der Waals surface area contributed by atoms with E-state index in [-0.39, 0.29) is 17.6 Å². The molecule has 0 spiro atoms. The van der Waals surface area contributed by atoms with Crippen molar-refractivity contribution in [3.63, 3.8) is 0 Å². The fourth-order valence-corrected chi connectivity index (χ4v) is 2.65. The number of morpholine rings is 1. The Morgan fingerprint density at radius 2 is 2.22 bits per heavy atom. The minimum atomic E-state index is -0.00588. The Labute approximate surface area is 109 Å². The van der Waals surface area contributed by atoms with Gasteiger partial charge in [-0.2, -0.15) is 0 Å². The summed E-state index contributed by atoms with van der Waals surface area (Å²) in [7, 11) is 0. The van der Waals surface area contributed by atoms with Gasteiger partial charge < -0.3 is 10.5 Å². The van der Waals surface area contributed by atoms with Gasteiger partial charge in [0.05, 0.1) is 24.9 Å². The molecule has 0 aromatic carbocycles. The number of hydrogen-bond acceptors (Lipinski definition) is 4. The lowest BCUT2D eigenvalue weighted by Gasteiger charge is -2.47. The number of aromatic nitrogens is 1. The number of rotatable bonds is 3. The van der Waals surface area contributed by atoms with Gasteiger partial charge in [-0.25, -0.2) is 0 Å². The lowest BCUT2D eigenvalue weighted by atomic mass is 9.94. The van der Waals surface area contributed by atoms with E-state index >= 15 is 0 Å².